The molecule has 0 radical (unpaired) electrons. The molecule has 1 amide bonds. The minimum atomic E-state index is -0.964. The van der Waals surface area contributed by atoms with Gasteiger partial charge in [-0.2, -0.15) is 0 Å². The predicted octanol–water partition coefficient (Wildman–Crippen LogP) is 2.21. The molecule has 0 unspecified atom stereocenters. The van der Waals surface area contributed by atoms with Gasteiger partial charge < -0.3 is 10.4 Å². The zero-order chi connectivity index (χ0) is 15.6. The van der Waals surface area contributed by atoms with Gasteiger partial charge in [-0.25, -0.2) is 4.98 Å². The number of carbonyl (C=O) groups is 2. The fourth-order valence-corrected chi connectivity index (χ4v) is 2.26. The Hall–Kier alpha value is -1.43. The lowest BCUT2D eigenvalue weighted by atomic mass is 9.94. The first-order valence-corrected chi connectivity index (χ1v) is 7.35. The topological polar surface area (TPSA) is 79.3 Å². The number of carbonyl (C=O) groups excluding carboxylic acids is 1. The second-order valence-electron chi connectivity index (χ2n) is 6.54. The molecule has 0 bridgehead atoms. The van der Waals surface area contributed by atoms with Crippen LogP contribution in [-0.4, -0.2) is 28.5 Å². The smallest absolute Gasteiger partial charge is 0.310 e. The summed E-state index contributed by atoms with van der Waals surface area (Å²) in [5.74, 6) is -1.13. The van der Waals surface area contributed by atoms with Gasteiger partial charge in [-0.05, 0) is 13.8 Å². The summed E-state index contributed by atoms with van der Waals surface area (Å²) in [6.45, 7) is 9.49. The van der Waals surface area contributed by atoms with Gasteiger partial charge in [0, 0.05) is 17.3 Å². The molecule has 6 heteroatoms. The van der Waals surface area contributed by atoms with Crippen molar-refractivity contribution >= 4 is 23.2 Å². The van der Waals surface area contributed by atoms with Crippen molar-refractivity contribution < 1.29 is 14.7 Å². The minimum Gasteiger partial charge on any atom is -0.481 e. The zero-order valence-corrected chi connectivity index (χ0v) is 13.4. The molecule has 0 aliphatic carbocycles. The average Bonchev–Trinajstić information content (AvgIpc) is 2.74. The van der Waals surface area contributed by atoms with E-state index in [9.17, 15) is 9.59 Å². The molecule has 5 nitrogen and oxygen atoms in total. The maximum absolute atomic E-state index is 11.8. The Kier molecular flexibility index (Phi) is 4.91. The number of amides is 1. The van der Waals surface area contributed by atoms with E-state index < -0.39 is 11.4 Å². The SMILES string of the molecule is CC(C)(CNC(=O)Cc1csc(C(C)(C)C)n1)C(=O)O. The van der Waals surface area contributed by atoms with Crippen LogP contribution in [0.3, 0.4) is 0 Å². The van der Waals surface area contributed by atoms with E-state index in [2.05, 4.69) is 31.1 Å². The van der Waals surface area contributed by atoms with E-state index in [0.29, 0.717) is 0 Å². The monoisotopic (exact) mass is 298 g/mol. The van der Waals surface area contributed by atoms with Gasteiger partial charge in [0.05, 0.1) is 22.5 Å². The lowest BCUT2D eigenvalue weighted by molar-refractivity contribution is -0.146. The lowest BCUT2D eigenvalue weighted by Crippen LogP contribution is -2.39. The van der Waals surface area contributed by atoms with Crippen LogP contribution in [0.5, 0.6) is 0 Å². The summed E-state index contributed by atoms with van der Waals surface area (Å²) in [4.78, 5) is 27.2. The lowest BCUT2D eigenvalue weighted by Gasteiger charge is -2.19. The number of carboxylic acids is 1. The van der Waals surface area contributed by atoms with E-state index in [4.69, 9.17) is 5.11 Å². The first-order valence-electron chi connectivity index (χ1n) is 6.47. The highest BCUT2D eigenvalue weighted by Gasteiger charge is 2.27. The molecule has 0 saturated heterocycles. The predicted molar refractivity (Wildman–Crippen MR) is 78.9 cm³/mol. The molecule has 1 aromatic heterocycles. The molecule has 0 spiro atoms. The minimum absolute atomic E-state index is 0.0231. The normalized spacial score (nSPS) is 12.2. The third-order valence-corrected chi connectivity index (χ3v) is 4.16. The Labute approximate surface area is 123 Å². The number of rotatable bonds is 5. The van der Waals surface area contributed by atoms with Crippen molar-refractivity contribution in [3.63, 3.8) is 0 Å². The van der Waals surface area contributed by atoms with E-state index >= 15 is 0 Å². The molecule has 0 saturated carbocycles. The quantitative estimate of drug-likeness (QED) is 0.873. The highest BCUT2D eigenvalue weighted by Crippen LogP contribution is 2.25. The van der Waals surface area contributed by atoms with Gasteiger partial charge in [-0.3, -0.25) is 9.59 Å². The summed E-state index contributed by atoms with van der Waals surface area (Å²) < 4.78 is 0. The number of hydrogen-bond acceptors (Lipinski definition) is 4. The van der Waals surface area contributed by atoms with Gasteiger partial charge in [0.15, 0.2) is 0 Å². The molecule has 0 aromatic carbocycles. The summed E-state index contributed by atoms with van der Waals surface area (Å²) in [5, 5.41) is 14.5. The van der Waals surface area contributed by atoms with E-state index in [0.717, 1.165) is 10.7 Å². The molecule has 1 aromatic rings. The molecule has 1 heterocycles. The fourth-order valence-electron chi connectivity index (χ4n) is 1.35. The highest BCUT2D eigenvalue weighted by molar-refractivity contribution is 7.09. The molecule has 1 rings (SSSR count). The van der Waals surface area contributed by atoms with Crippen LogP contribution in [0, 0.1) is 5.41 Å². The van der Waals surface area contributed by atoms with Crippen LogP contribution in [0.1, 0.15) is 45.3 Å². The van der Waals surface area contributed by atoms with Gasteiger partial charge in [0.1, 0.15) is 0 Å². The second-order valence-corrected chi connectivity index (χ2v) is 7.39. The van der Waals surface area contributed by atoms with Crippen molar-refractivity contribution in [3.05, 3.63) is 16.1 Å². The van der Waals surface area contributed by atoms with E-state index in [1.165, 1.54) is 0 Å². The Morgan fingerprint density at radius 1 is 1.30 bits per heavy atom. The summed E-state index contributed by atoms with van der Waals surface area (Å²) in [7, 11) is 0. The van der Waals surface area contributed by atoms with Crippen LogP contribution in [0.4, 0.5) is 0 Å². The number of nitrogens with one attached hydrogen (secondary N) is 1. The third-order valence-electron chi connectivity index (χ3n) is 2.84. The van der Waals surface area contributed by atoms with Crippen LogP contribution >= 0.6 is 11.3 Å². The van der Waals surface area contributed by atoms with Crippen LogP contribution in [0.2, 0.25) is 0 Å². The molecule has 112 valence electrons. The van der Waals surface area contributed by atoms with Gasteiger partial charge in [0.25, 0.3) is 0 Å². The first-order chi connectivity index (χ1) is 9.02. The summed E-state index contributed by atoms with van der Waals surface area (Å²) >= 11 is 1.54. The average molecular weight is 298 g/mol. The number of aromatic nitrogens is 1. The van der Waals surface area contributed by atoms with Gasteiger partial charge >= 0.3 is 5.97 Å². The summed E-state index contributed by atoms with van der Waals surface area (Å²) in [6, 6.07) is 0. The van der Waals surface area contributed by atoms with Crippen LogP contribution in [0.15, 0.2) is 5.38 Å². The molecular weight excluding hydrogens is 276 g/mol. The molecule has 2 N–H and O–H groups in total. The molecule has 0 fully saturated rings. The molecule has 20 heavy (non-hydrogen) atoms. The number of nitrogens with zero attached hydrogens (tertiary/aromatic N) is 1. The third kappa shape index (κ3) is 4.59. The van der Waals surface area contributed by atoms with E-state index in [1.807, 2.05) is 5.38 Å². The van der Waals surface area contributed by atoms with Crippen molar-refractivity contribution in [3.8, 4) is 0 Å². The fraction of sp³-hybridized carbons (Fsp3) is 0.643. The highest BCUT2D eigenvalue weighted by atomic mass is 32.1. The van der Waals surface area contributed by atoms with Gasteiger partial charge in [0.2, 0.25) is 5.91 Å². The zero-order valence-electron chi connectivity index (χ0n) is 12.6. The van der Waals surface area contributed by atoms with Gasteiger partial charge in [-0.15, -0.1) is 11.3 Å². The second kappa shape index (κ2) is 5.91. The molecular formula is C14H22N2O3S. The van der Waals surface area contributed by atoms with Crippen molar-refractivity contribution in [2.75, 3.05) is 6.54 Å². The Bertz CT molecular complexity index is 501. The van der Waals surface area contributed by atoms with E-state index in [-0.39, 0.29) is 24.3 Å². The summed E-state index contributed by atoms with van der Waals surface area (Å²) in [6.07, 6.45) is 0.183. The molecule has 0 atom stereocenters. The van der Waals surface area contributed by atoms with Crippen molar-refractivity contribution in [2.24, 2.45) is 5.41 Å². The Balaban J connectivity index is 2.55. The molecule has 0 aliphatic rings. The largest absolute Gasteiger partial charge is 0.481 e. The Morgan fingerprint density at radius 2 is 1.90 bits per heavy atom. The first kappa shape index (κ1) is 16.6. The van der Waals surface area contributed by atoms with Crippen LogP contribution in [0.25, 0.3) is 0 Å². The summed E-state index contributed by atoms with van der Waals surface area (Å²) in [5.41, 5.74) is -0.260. The molecule has 0 aliphatic heterocycles. The maximum Gasteiger partial charge on any atom is 0.310 e. The number of carboxylic acid groups (broad SMARTS) is 1. The van der Waals surface area contributed by atoms with Crippen LogP contribution < -0.4 is 5.32 Å². The standard InChI is InChI=1S/C14H22N2O3S/c1-13(2,3)11-16-9(7-20-11)6-10(17)15-8-14(4,5)12(18)19/h7H,6,8H2,1-5H3,(H,15,17)(H,18,19). The van der Waals surface area contributed by atoms with E-state index in [1.54, 1.807) is 25.2 Å². The number of thiazole rings is 1. The van der Waals surface area contributed by atoms with Gasteiger partial charge in [-0.1, -0.05) is 20.8 Å². The Morgan fingerprint density at radius 3 is 2.35 bits per heavy atom. The number of aliphatic carboxylic acids is 1. The van der Waals surface area contributed by atoms with Crippen molar-refractivity contribution in [1.29, 1.82) is 0 Å². The van der Waals surface area contributed by atoms with Crippen molar-refractivity contribution in [2.45, 2.75) is 46.5 Å². The maximum atomic E-state index is 11.8. The number of hydrogen-bond donors (Lipinski definition) is 2. The van der Waals surface area contributed by atoms with Crippen molar-refractivity contribution in [1.82, 2.24) is 10.3 Å². The van der Waals surface area contributed by atoms with Crippen LogP contribution in [-0.2, 0) is 21.4 Å².